The van der Waals surface area contributed by atoms with E-state index in [1.807, 2.05) is 13.8 Å². The zero-order valence-corrected chi connectivity index (χ0v) is 10.4. The number of hydrogen-bond donors (Lipinski definition) is 2. The van der Waals surface area contributed by atoms with Crippen LogP contribution < -0.4 is 11.1 Å². The molecule has 1 aromatic heterocycles. The quantitative estimate of drug-likeness (QED) is 0.623. The number of hydrogen-bond acceptors (Lipinski definition) is 5. The monoisotopic (exact) mass is 258 g/mol. The topological polar surface area (TPSA) is 94.1 Å². The molecule has 0 aromatic carbocycles. The molecule has 1 unspecified atom stereocenters. The van der Waals surface area contributed by atoms with E-state index in [1.165, 1.54) is 12.3 Å². The van der Waals surface area contributed by atoms with Gasteiger partial charge in [0.2, 0.25) is 5.82 Å². The smallest absolute Gasteiger partial charge is 0.312 e. The molecule has 0 aliphatic rings. The molecule has 1 heterocycles. The predicted molar refractivity (Wildman–Crippen MR) is 67.2 cm³/mol. The summed E-state index contributed by atoms with van der Waals surface area (Å²) < 4.78 is 0. The Morgan fingerprint density at radius 2 is 2.29 bits per heavy atom. The minimum Gasteiger partial charge on any atom is -0.363 e. The van der Waals surface area contributed by atoms with Crippen LogP contribution in [-0.4, -0.2) is 22.5 Å². The molecule has 0 radical (unpaired) electrons. The third-order valence-corrected chi connectivity index (χ3v) is 2.60. The van der Waals surface area contributed by atoms with Crippen molar-refractivity contribution in [2.75, 3.05) is 11.9 Å². The first-order chi connectivity index (χ1) is 7.91. The van der Waals surface area contributed by atoms with Crippen LogP contribution >= 0.6 is 11.6 Å². The van der Waals surface area contributed by atoms with Gasteiger partial charge in [0.15, 0.2) is 0 Å². The predicted octanol–water partition coefficient (Wildman–Crippen LogP) is 2.04. The summed E-state index contributed by atoms with van der Waals surface area (Å²) in [6, 6.07) is 1.17. The molecular weight excluding hydrogens is 244 g/mol. The van der Waals surface area contributed by atoms with E-state index in [2.05, 4.69) is 10.3 Å². The average molecular weight is 259 g/mol. The van der Waals surface area contributed by atoms with Gasteiger partial charge < -0.3 is 11.1 Å². The van der Waals surface area contributed by atoms with Crippen LogP contribution in [0.1, 0.15) is 13.8 Å². The van der Waals surface area contributed by atoms with Gasteiger partial charge in [-0.05, 0) is 5.92 Å². The number of pyridine rings is 1. The van der Waals surface area contributed by atoms with Gasteiger partial charge in [-0.15, -0.1) is 0 Å². The fourth-order valence-corrected chi connectivity index (χ4v) is 1.31. The van der Waals surface area contributed by atoms with Gasteiger partial charge in [-0.1, -0.05) is 25.4 Å². The highest BCUT2D eigenvalue weighted by Gasteiger charge is 2.17. The lowest BCUT2D eigenvalue weighted by Gasteiger charge is -2.16. The summed E-state index contributed by atoms with van der Waals surface area (Å²) in [6.07, 6.45) is 1.36. The van der Waals surface area contributed by atoms with Crippen LogP contribution in [0.15, 0.2) is 12.3 Å². The third-order valence-electron chi connectivity index (χ3n) is 2.39. The van der Waals surface area contributed by atoms with Gasteiger partial charge in [-0.3, -0.25) is 10.1 Å². The van der Waals surface area contributed by atoms with Gasteiger partial charge in [0.25, 0.3) is 0 Å². The number of anilines is 1. The second-order valence-corrected chi connectivity index (χ2v) is 4.50. The van der Waals surface area contributed by atoms with Gasteiger partial charge in [0.1, 0.15) is 0 Å². The number of nitrogens with one attached hydrogen (secondary N) is 1. The normalized spacial score (nSPS) is 12.5. The third kappa shape index (κ3) is 3.83. The molecule has 94 valence electrons. The Bertz CT molecular complexity index is 411. The minimum absolute atomic E-state index is 0.0907. The first-order valence-corrected chi connectivity index (χ1v) is 5.59. The van der Waals surface area contributed by atoms with E-state index in [-0.39, 0.29) is 28.5 Å². The molecule has 0 aliphatic heterocycles. The second-order valence-electron chi connectivity index (χ2n) is 4.07. The number of rotatable bonds is 5. The van der Waals surface area contributed by atoms with Crippen molar-refractivity contribution in [2.45, 2.75) is 19.9 Å². The number of aromatic nitrogens is 1. The molecule has 0 amide bonds. The highest BCUT2D eigenvalue weighted by atomic mass is 35.5. The van der Waals surface area contributed by atoms with E-state index in [0.717, 1.165) is 0 Å². The molecule has 7 heteroatoms. The maximum Gasteiger partial charge on any atom is 0.312 e. The van der Waals surface area contributed by atoms with Crippen molar-refractivity contribution in [1.29, 1.82) is 0 Å². The summed E-state index contributed by atoms with van der Waals surface area (Å²) in [5.41, 5.74) is 5.69. The van der Waals surface area contributed by atoms with Crippen molar-refractivity contribution in [2.24, 2.45) is 11.7 Å². The minimum atomic E-state index is -0.526. The molecule has 1 rings (SSSR count). The summed E-state index contributed by atoms with van der Waals surface area (Å²) >= 11 is 5.65. The number of nitrogens with zero attached hydrogens (tertiary/aromatic N) is 2. The summed E-state index contributed by atoms with van der Waals surface area (Å²) in [6.45, 7) is 4.39. The van der Waals surface area contributed by atoms with Crippen molar-refractivity contribution in [3.8, 4) is 0 Å². The molecule has 6 nitrogen and oxygen atoms in total. The van der Waals surface area contributed by atoms with Crippen LogP contribution in [0.25, 0.3) is 0 Å². The van der Waals surface area contributed by atoms with E-state index in [1.54, 1.807) is 0 Å². The van der Waals surface area contributed by atoms with E-state index < -0.39 is 4.92 Å². The summed E-state index contributed by atoms with van der Waals surface area (Å²) in [5, 5.41) is 13.9. The molecule has 0 aliphatic carbocycles. The van der Waals surface area contributed by atoms with Crippen molar-refractivity contribution in [3.05, 3.63) is 27.4 Å². The van der Waals surface area contributed by atoms with Crippen LogP contribution in [0.5, 0.6) is 0 Å². The SMILES string of the molecule is CC(C)C(N)CNc1ncc(Cl)cc1[N+](=O)[O-]. The molecule has 0 spiro atoms. The first-order valence-electron chi connectivity index (χ1n) is 5.21. The lowest BCUT2D eigenvalue weighted by molar-refractivity contribution is -0.384. The molecule has 1 atom stereocenters. The fourth-order valence-electron chi connectivity index (χ4n) is 1.15. The van der Waals surface area contributed by atoms with Gasteiger partial charge in [-0.2, -0.15) is 0 Å². The zero-order chi connectivity index (χ0) is 13.0. The van der Waals surface area contributed by atoms with Crippen molar-refractivity contribution < 1.29 is 4.92 Å². The number of nitrogens with two attached hydrogens (primary N) is 1. The second kappa shape index (κ2) is 5.79. The number of halogens is 1. The molecule has 17 heavy (non-hydrogen) atoms. The van der Waals surface area contributed by atoms with Gasteiger partial charge in [0, 0.05) is 24.8 Å². The molecule has 1 aromatic rings. The summed E-state index contributed by atoms with van der Waals surface area (Å²) in [7, 11) is 0. The zero-order valence-electron chi connectivity index (χ0n) is 9.68. The fraction of sp³-hybridized carbons (Fsp3) is 0.500. The van der Waals surface area contributed by atoms with Gasteiger partial charge >= 0.3 is 5.69 Å². The van der Waals surface area contributed by atoms with E-state index in [0.29, 0.717) is 6.54 Å². The Labute approximate surface area is 104 Å². The standard InChI is InChI=1S/C10H15ClN4O2/c1-6(2)8(12)5-14-10-9(15(16)17)3-7(11)4-13-10/h3-4,6,8H,5,12H2,1-2H3,(H,13,14). The maximum absolute atomic E-state index is 10.8. The molecule has 0 saturated carbocycles. The average Bonchev–Trinajstić information content (AvgIpc) is 2.26. The molecular formula is C10H15ClN4O2. The van der Waals surface area contributed by atoms with Crippen LogP contribution in [0.4, 0.5) is 11.5 Å². The Hall–Kier alpha value is -1.40. The highest BCUT2D eigenvalue weighted by Crippen LogP contribution is 2.24. The van der Waals surface area contributed by atoms with E-state index in [9.17, 15) is 10.1 Å². The molecule has 3 N–H and O–H groups in total. The summed E-state index contributed by atoms with van der Waals surface area (Å²) in [4.78, 5) is 14.2. The lowest BCUT2D eigenvalue weighted by atomic mass is 10.1. The lowest BCUT2D eigenvalue weighted by Crippen LogP contribution is -2.34. The van der Waals surface area contributed by atoms with Crippen LogP contribution in [0.2, 0.25) is 5.02 Å². The van der Waals surface area contributed by atoms with Crippen molar-refractivity contribution >= 4 is 23.1 Å². The van der Waals surface area contributed by atoms with Crippen LogP contribution in [0, 0.1) is 16.0 Å². The largest absolute Gasteiger partial charge is 0.363 e. The summed E-state index contributed by atoms with van der Waals surface area (Å²) in [5.74, 6) is 0.476. The highest BCUT2D eigenvalue weighted by molar-refractivity contribution is 6.30. The first kappa shape index (κ1) is 13.7. The Morgan fingerprint density at radius 3 is 2.82 bits per heavy atom. The van der Waals surface area contributed by atoms with Crippen molar-refractivity contribution in [1.82, 2.24) is 4.98 Å². The maximum atomic E-state index is 10.8. The van der Waals surface area contributed by atoms with Crippen LogP contribution in [0.3, 0.4) is 0 Å². The van der Waals surface area contributed by atoms with Crippen LogP contribution in [-0.2, 0) is 0 Å². The Balaban J connectivity index is 2.80. The number of nitro groups is 1. The Morgan fingerprint density at radius 1 is 1.65 bits per heavy atom. The van der Waals surface area contributed by atoms with E-state index >= 15 is 0 Å². The van der Waals surface area contributed by atoms with Crippen molar-refractivity contribution in [3.63, 3.8) is 0 Å². The van der Waals surface area contributed by atoms with E-state index in [4.69, 9.17) is 17.3 Å². The Kier molecular flexibility index (Phi) is 4.65. The molecule has 0 saturated heterocycles. The van der Waals surface area contributed by atoms with Gasteiger partial charge in [-0.25, -0.2) is 4.98 Å². The molecule has 0 bridgehead atoms. The van der Waals surface area contributed by atoms with Gasteiger partial charge in [0.05, 0.1) is 9.95 Å². The molecule has 0 fully saturated rings.